The monoisotopic (exact) mass is 162 g/mol. The van der Waals surface area contributed by atoms with E-state index in [0.717, 1.165) is 0 Å². The number of ether oxygens (including phenoxy) is 1. The largest absolute Gasteiger partial charge is 0.494 e. The topological polar surface area (TPSA) is 29.5 Å². The van der Waals surface area contributed by atoms with E-state index in [1.165, 1.54) is 0 Å². The van der Waals surface area contributed by atoms with Crippen LogP contribution in [0.1, 0.15) is 13.3 Å². The fourth-order valence-electron chi connectivity index (χ4n) is 0.871. The van der Waals surface area contributed by atoms with Crippen LogP contribution in [-0.4, -0.2) is 17.8 Å². The van der Waals surface area contributed by atoms with Crippen LogP contribution in [0, 0.1) is 23.7 Å². The number of aliphatic hydroxyl groups is 1. The molecular weight excluding hydrogens is 152 g/mol. The molecule has 0 aromatic heterocycles. The average Bonchev–Trinajstić information content (AvgIpc) is 2.46. The van der Waals surface area contributed by atoms with Crippen LogP contribution in [0.5, 0.6) is 0 Å². The lowest BCUT2D eigenvalue weighted by molar-refractivity contribution is 0.192. The minimum absolute atomic E-state index is 0.478. The zero-order chi connectivity index (χ0) is 8.81. The van der Waals surface area contributed by atoms with Gasteiger partial charge in [0.15, 0.2) is 0 Å². The average molecular weight is 162 g/mol. The summed E-state index contributed by atoms with van der Waals surface area (Å²) in [4.78, 5) is 0. The van der Waals surface area contributed by atoms with Gasteiger partial charge in [0.05, 0.1) is 6.61 Å². The van der Waals surface area contributed by atoms with Crippen LogP contribution < -0.4 is 0 Å². The van der Waals surface area contributed by atoms with Gasteiger partial charge in [-0.1, -0.05) is 11.8 Å². The molecule has 1 fully saturated rings. The molecule has 0 aromatic carbocycles. The van der Waals surface area contributed by atoms with Gasteiger partial charge in [0.2, 0.25) is 0 Å². The number of rotatable bonds is 0. The van der Waals surface area contributed by atoms with Gasteiger partial charge in [-0.3, -0.25) is 0 Å². The van der Waals surface area contributed by atoms with Crippen molar-refractivity contribution < 1.29 is 9.84 Å². The highest BCUT2D eigenvalue weighted by Crippen LogP contribution is 2.15. The third-order valence-corrected chi connectivity index (χ3v) is 1.46. The van der Waals surface area contributed by atoms with Gasteiger partial charge in [-0.05, 0) is 18.8 Å². The smallest absolute Gasteiger partial charge is 0.133 e. The lowest BCUT2D eigenvalue weighted by Crippen LogP contribution is -2.01. The van der Waals surface area contributed by atoms with Gasteiger partial charge in [0.25, 0.3) is 0 Å². The molecule has 1 aliphatic heterocycles. The van der Waals surface area contributed by atoms with Crippen molar-refractivity contribution in [1.29, 1.82) is 0 Å². The number of aliphatic hydroxyl groups excluding tert-OH is 1. The Balaban J connectivity index is 2.56. The minimum atomic E-state index is -0.478. The fraction of sp³-hybridized carbons (Fsp3) is 0.400. The van der Waals surface area contributed by atoms with Crippen molar-refractivity contribution in [3.8, 4) is 23.7 Å². The van der Waals surface area contributed by atoms with Gasteiger partial charge < -0.3 is 9.84 Å². The van der Waals surface area contributed by atoms with Crippen molar-refractivity contribution in [2.45, 2.75) is 19.4 Å². The maximum atomic E-state index is 9.25. The molecule has 12 heavy (non-hydrogen) atoms. The van der Waals surface area contributed by atoms with E-state index >= 15 is 0 Å². The first-order valence-corrected chi connectivity index (χ1v) is 3.78. The van der Waals surface area contributed by atoms with E-state index in [9.17, 15) is 5.11 Å². The van der Waals surface area contributed by atoms with Crippen molar-refractivity contribution in [1.82, 2.24) is 0 Å². The molecule has 0 radical (unpaired) electrons. The van der Waals surface area contributed by atoms with Gasteiger partial charge in [-0.25, -0.2) is 0 Å². The predicted octanol–water partition coefficient (Wildman–Crippen LogP) is 0.678. The summed E-state index contributed by atoms with van der Waals surface area (Å²) in [6.45, 7) is 2.30. The van der Waals surface area contributed by atoms with Crippen LogP contribution >= 0.6 is 0 Å². The van der Waals surface area contributed by atoms with E-state index in [1.807, 2.05) is 0 Å². The third kappa shape index (κ3) is 2.34. The molecule has 62 valence electrons. The second-order valence-corrected chi connectivity index (χ2v) is 2.34. The molecule has 0 spiro atoms. The zero-order valence-electron chi connectivity index (χ0n) is 6.92. The minimum Gasteiger partial charge on any atom is -0.494 e. The Morgan fingerprint density at radius 2 is 2.42 bits per heavy atom. The lowest BCUT2D eigenvalue weighted by Gasteiger charge is -1.97. The Bertz CT molecular complexity index is 293. The molecule has 2 nitrogen and oxygen atoms in total. The summed E-state index contributed by atoms with van der Waals surface area (Å²) in [6.07, 6.45) is 1.75. The van der Waals surface area contributed by atoms with Gasteiger partial charge >= 0.3 is 0 Å². The summed E-state index contributed by atoms with van der Waals surface area (Å²) >= 11 is 0. The Kier molecular flexibility index (Phi) is 3.26. The second kappa shape index (κ2) is 4.49. The summed E-state index contributed by atoms with van der Waals surface area (Å²) < 4.78 is 5.11. The fourth-order valence-corrected chi connectivity index (χ4v) is 0.871. The Morgan fingerprint density at radius 1 is 1.58 bits per heavy atom. The molecule has 1 aliphatic rings. The molecule has 1 atom stereocenters. The molecule has 0 aliphatic carbocycles. The molecular formula is C10H10O2. The van der Waals surface area contributed by atoms with Crippen LogP contribution in [0.3, 0.4) is 0 Å². The van der Waals surface area contributed by atoms with E-state index in [2.05, 4.69) is 23.7 Å². The van der Waals surface area contributed by atoms with Crippen molar-refractivity contribution >= 4 is 0 Å². The Hall–Kier alpha value is -1.38. The summed E-state index contributed by atoms with van der Waals surface area (Å²) in [6, 6.07) is 0. The maximum absolute atomic E-state index is 9.25. The highest BCUT2D eigenvalue weighted by atomic mass is 16.5. The molecule has 1 N–H and O–H groups in total. The summed E-state index contributed by atoms with van der Waals surface area (Å²) in [7, 11) is 0. The molecule has 2 heteroatoms. The van der Waals surface area contributed by atoms with Gasteiger partial charge in [0.1, 0.15) is 11.9 Å². The van der Waals surface area contributed by atoms with Crippen LogP contribution in [0.25, 0.3) is 0 Å². The quantitative estimate of drug-likeness (QED) is 0.531. The highest BCUT2D eigenvalue weighted by molar-refractivity contribution is 5.31. The zero-order valence-corrected chi connectivity index (χ0v) is 6.92. The van der Waals surface area contributed by atoms with Crippen LogP contribution in [0.2, 0.25) is 0 Å². The van der Waals surface area contributed by atoms with E-state index in [0.29, 0.717) is 18.8 Å². The Labute approximate surface area is 72.2 Å². The first-order valence-electron chi connectivity index (χ1n) is 3.78. The first kappa shape index (κ1) is 8.71. The molecule has 1 heterocycles. The number of allylic oxidation sites excluding steroid dienone is 1. The predicted molar refractivity (Wildman–Crippen MR) is 45.9 cm³/mol. The van der Waals surface area contributed by atoms with Crippen molar-refractivity contribution in [2.75, 3.05) is 6.61 Å². The SMILES string of the molecule is CC#CC#C/C=C1/OCC[C@H]1O. The van der Waals surface area contributed by atoms with E-state index in [1.54, 1.807) is 13.0 Å². The molecule has 0 bridgehead atoms. The van der Waals surface area contributed by atoms with Gasteiger partial charge in [0, 0.05) is 12.5 Å². The lowest BCUT2D eigenvalue weighted by atomic mass is 10.2. The molecule has 1 rings (SSSR count). The van der Waals surface area contributed by atoms with Crippen LogP contribution in [-0.2, 0) is 4.74 Å². The van der Waals surface area contributed by atoms with Gasteiger partial charge in [-0.2, -0.15) is 0 Å². The van der Waals surface area contributed by atoms with E-state index in [4.69, 9.17) is 4.74 Å². The molecule has 0 amide bonds. The summed E-state index contributed by atoms with van der Waals surface area (Å²) in [5, 5.41) is 9.25. The number of hydrogen-bond acceptors (Lipinski definition) is 2. The standard InChI is InChI=1S/C10H10O2/c1-2-3-4-5-6-10-9(11)7-8-12-10/h6,9,11H,7-8H2,1H3/b10-6+/t9-/m1/s1. The molecule has 0 saturated carbocycles. The molecule has 0 aromatic rings. The molecule has 0 unspecified atom stereocenters. The van der Waals surface area contributed by atoms with Crippen molar-refractivity contribution in [2.24, 2.45) is 0 Å². The number of hydrogen-bond donors (Lipinski definition) is 1. The van der Waals surface area contributed by atoms with Crippen molar-refractivity contribution in [3.63, 3.8) is 0 Å². The summed E-state index contributed by atoms with van der Waals surface area (Å²) in [5.41, 5.74) is 0. The third-order valence-electron chi connectivity index (χ3n) is 1.46. The van der Waals surface area contributed by atoms with Crippen LogP contribution in [0.15, 0.2) is 11.8 Å². The van der Waals surface area contributed by atoms with Crippen LogP contribution in [0.4, 0.5) is 0 Å². The summed E-state index contributed by atoms with van der Waals surface area (Å²) in [5.74, 6) is 11.1. The maximum Gasteiger partial charge on any atom is 0.133 e. The first-order chi connectivity index (χ1) is 5.84. The highest BCUT2D eigenvalue weighted by Gasteiger charge is 2.18. The van der Waals surface area contributed by atoms with Crippen molar-refractivity contribution in [3.05, 3.63) is 11.8 Å². The van der Waals surface area contributed by atoms with E-state index in [-0.39, 0.29) is 0 Å². The second-order valence-electron chi connectivity index (χ2n) is 2.34. The van der Waals surface area contributed by atoms with Gasteiger partial charge in [-0.15, -0.1) is 0 Å². The van der Waals surface area contributed by atoms with E-state index < -0.39 is 6.10 Å². The molecule has 1 saturated heterocycles. The Morgan fingerprint density at radius 3 is 3.00 bits per heavy atom. The normalized spacial score (nSPS) is 23.5.